The van der Waals surface area contributed by atoms with Gasteiger partial charge in [-0.2, -0.15) is 0 Å². The van der Waals surface area contributed by atoms with Gasteiger partial charge in [0.05, 0.1) is 6.54 Å². The van der Waals surface area contributed by atoms with E-state index in [1.54, 1.807) is 0 Å². The second-order valence-electron chi connectivity index (χ2n) is 7.19. The van der Waals surface area contributed by atoms with Crippen molar-refractivity contribution < 1.29 is 4.79 Å². The van der Waals surface area contributed by atoms with Crippen molar-refractivity contribution in [1.82, 2.24) is 9.80 Å². The Bertz CT molecular complexity index is 579. The molecule has 23 heavy (non-hydrogen) atoms. The van der Waals surface area contributed by atoms with Crippen LogP contribution < -0.4 is 5.73 Å². The molecule has 2 N–H and O–H groups in total. The van der Waals surface area contributed by atoms with Crippen LogP contribution in [0.3, 0.4) is 0 Å². The zero-order chi connectivity index (χ0) is 15.1. The molecule has 4 rings (SSSR count). The summed E-state index contributed by atoms with van der Waals surface area (Å²) >= 11 is 0. The number of halogens is 1. The quantitative estimate of drug-likeness (QED) is 0.894. The molecule has 2 heterocycles. The number of carbonyl (C=O) groups is 1. The molecule has 0 bridgehead atoms. The molecular weight excluding hydrogens is 310 g/mol. The number of hydrogen-bond donors (Lipinski definition) is 1. The predicted octanol–water partition coefficient (Wildman–Crippen LogP) is 1.66. The monoisotopic (exact) mass is 335 g/mol. The maximum atomic E-state index is 12.6. The average molecular weight is 336 g/mol. The highest BCUT2D eigenvalue weighted by Crippen LogP contribution is 2.37. The van der Waals surface area contributed by atoms with Crippen molar-refractivity contribution in [3.05, 3.63) is 35.4 Å². The van der Waals surface area contributed by atoms with Crippen LogP contribution in [0.2, 0.25) is 0 Å². The van der Waals surface area contributed by atoms with Gasteiger partial charge < -0.3 is 10.6 Å². The average Bonchev–Trinajstić information content (AvgIpc) is 3.08. The molecular formula is C18H26ClN3O. The Morgan fingerprint density at radius 3 is 2.74 bits per heavy atom. The van der Waals surface area contributed by atoms with Crippen LogP contribution in [0.25, 0.3) is 0 Å². The Morgan fingerprint density at radius 1 is 1.17 bits per heavy atom. The maximum absolute atomic E-state index is 12.6. The van der Waals surface area contributed by atoms with E-state index in [2.05, 4.69) is 29.2 Å². The lowest BCUT2D eigenvalue weighted by molar-refractivity contribution is -0.133. The minimum absolute atomic E-state index is 0. The van der Waals surface area contributed by atoms with Crippen molar-refractivity contribution in [1.29, 1.82) is 0 Å². The van der Waals surface area contributed by atoms with Gasteiger partial charge in [-0.3, -0.25) is 9.69 Å². The third kappa shape index (κ3) is 3.25. The molecule has 3 unspecified atom stereocenters. The number of fused-ring (bicyclic) bond motifs is 2. The molecule has 2 aliphatic heterocycles. The van der Waals surface area contributed by atoms with Gasteiger partial charge in [-0.1, -0.05) is 24.3 Å². The van der Waals surface area contributed by atoms with E-state index in [1.807, 2.05) is 4.90 Å². The number of hydrogen-bond acceptors (Lipinski definition) is 3. The van der Waals surface area contributed by atoms with E-state index in [1.165, 1.54) is 24.0 Å². The SMILES string of the molecule is Cl.NC1CCC2CN(CC(=O)N3CCc4ccccc4C3)CC12. The van der Waals surface area contributed by atoms with Gasteiger partial charge in [0.2, 0.25) is 5.91 Å². The van der Waals surface area contributed by atoms with Gasteiger partial charge in [0.1, 0.15) is 0 Å². The van der Waals surface area contributed by atoms with Crippen molar-refractivity contribution in [2.75, 3.05) is 26.2 Å². The molecule has 1 saturated carbocycles. The van der Waals surface area contributed by atoms with E-state index in [-0.39, 0.29) is 18.3 Å². The van der Waals surface area contributed by atoms with Gasteiger partial charge in [0.15, 0.2) is 0 Å². The van der Waals surface area contributed by atoms with Crippen LogP contribution in [0.15, 0.2) is 24.3 Å². The highest BCUT2D eigenvalue weighted by Gasteiger charge is 2.41. The molecule has 0 spiro atoms. The molecule has 126 valence electrons. The van der Waals surface area contributed by atoms with E-state index < -0.39 is 0 Å². The first kappa shape index (κ1) is 16.7. The van der Waals surface area contributed by atoms with Crippen LogP contribution in [0, 0.1) is 11.8 Å². The van der Waals surface area contributed by atoms with E-state index in [0.29, 0.717) is 18.5 Å². The number of nitrogens with two attached hydrogens (primary N) is 1. The molecule has 5 heteroatoms. The number of rotatable bonds is 2. The van der Waals surface area contributed by atoms with Crippen molar-refractivity contribution in [2.24, 2.45) is 17.6 Å². The standard InChI is InChI=1S/C18H25N3O.ClH/c19-17-6-5-15-9-20(11-16(15)17)12-18(22)21-8-7-13-3-1-2-4-14(13)10-21;/h1-4,15-17H,5-12,19H2;1H. The first-order chi connectivity index (χ1) is 10.7. The molecule has 0 radical (unpaired) electrons. The molecule has 1 saturated heterocycles. The fraction of sp³-hybridized carbons (Fsp3) is 0.611. The summed E-state index contributed by atoms with van der Waals surface area (Å²) in [5.41, 5.74) is 8.89. The lowest BCUT2D eigenvalue weighted by Crippen LogP contribution is -2.42. The molecule has 1 amide bonds. The molecule has 1 aromatic carbocycles. The van der Waals surface area contributed by atoms with Gasteiger partial charge in [-0.25, -0.2) is 0 Å². The Morgan fingerprint density at radius 2 is 1.96 bits per heavy atom. The van der Waals surface area contributed by atoms with Crippen LogP contribution >= 0.6 is 12.4 Å². The second-order valence-corrected chi connectivity index (χ2v) is 7.19. The summed E-state index contributed by atoms with van der Waals surface area (Å²) in [6.45, 7) is 4.28. The normalized spacial score (nSPS) is 29.8. The zero-order valence-corrected chi connectivity index (χ0v) is 14.3. The lowest BCUT2D eigenvalue weighted by atomic mass is 9.98. The summed E-state index contributed by atoms with van der Waals surface area (Å²) in [6, 6.07) is 8.83. The molecule has 3 atom stereocenters. The van der Waals surface area contributed by atoms with Crippen molar-refractivity contribution in [3.8, 4) is 0 Å². The number of likely N-dealkylation sites (tertiary alicyclic amines) is 1. The highest BCUT2D eigenvalue weighted by atomic mass is 35.5. The zero-order valence-electron chi connectivity index (χ0n) is 13.5. The van der Waals surface area contributed by atoms with E-state index in [0.717, 1.165) is 38.5 Å². The molecule has 2 fully saturated rings. The lowest BCUT2D eigenvalue weighted by Gasteiger charge is -2.30. The predicted molar refractivity (Wildman–Crippen MR) is 93.4 cm³/mol. The van der Waals surface area contributed by atoms with Gasteiger partial charge in [-0.05, 0) is 42.2 Å². The summed E-state index contributed by atoms with van der Waals surface area (Å²) in [4.78, 5) is 17.0. The smallest absolute Gasteiger partial charge is 0.237 e. The second kappa shape index (κ2) is 6.80. The number of amides is 1. The van der Waals surface area contributed by atoms with Crippen LogP contribution in [-0.2, 0) is 17.8 Å². The fourth-order valence-corrected chi connectivity index (χ4v) is 4.53. The van der Waals surface area contributed by atoms with Crippen molar-refractivity contribution in [2.45, 2.75) is 31.8 Å². The minimum atomic E-state index is 0. The summed E-state index contributed by atoms with van der Waals surface area (Å²) in [5, 5.41) is 0. The maximum Gasteiger partial charge on any atom is 0.237 e. The Kier molecular flexibility index (Phi) is 4.95. The first-order valence-corrected chi connectivity index (χ1v) is 8.53. The largest absolute Gasteiger partial charge is 0.337 e. The highest BCUT2D eigenvalue weighted by molar-refractivity contribution is 5.85. The van der Waals surface area contributed by atoms with Gasteiger partial charge >= 0.3 is 0 Å². The first-order valence-electron chi connectivity index (χ1n) is 8.53. The Balaban J connectivity index is 0.00000156. The van der Waals surface area contributed by atoms with E-state index in [9.17, 15) is 4.79 Å². The van der Waals surface area contributed by atoms with Crippen LogP contribution in [0.4, 0.5) is 0 Å². The van der Waals surface area contributed by atoms with Gasteiger partial charge in [0, 0.05) is 32.2 Å². The van der Waals surface area contributed by atoms with Crippen molar-refractivity contribution >= 4 is 18.3 Å². The fourth-order valence-electron chi connectivity index (χ4n) is 4.53. The molecule has 1 aliphatic carbocycles. The molecule has 3 aliphatic rings. The van der Waals surface area contributed by atoms with E-state index in [4.69, 9.17) is 5.73 Å². The summed E-state index contributed by atoms with van der Waals surface area (Å²) < 4.78 is 0. The summed E-state index contributed by atoms with van der Waals surface area (Å²) in [7, 11) is 0. The Labute approximate surface area is 144 Å². The Hall–Kier alpha value is -1.10. The molecule has 1 aromatic rings. The summed E-state index contributed by atoms with van der Waals surface area (Å²) in [5.74, 6) is 1.63. The third-order valence-electron chi connectivity index (χ3n) is 5.83. The number of carbonyl (C=O) groups excluding carboxylic acids is 1. The third-order valence-corrected chi connectivity index (χ3v) is 5.83. The van der Waals surface area contributed by atoms with E-state index >= 15 is 0 Å². The molecule has 0 aromatic heterocycles. The van der Waals surface area contributed by atoms with Crippen molar-refractivity contribution in [3.63, 3.8) is 0 Å². The van der Waals surface area contributed by atoms with Crippen LogP contribution in [-0.4, -0.2) is 47.9 Å². The summed E-state index contributed by atoms with van der Waals surface area (Å²) in [6.07, 6.45) is 3.39. The minimum Gasteiger partial charge on any atom is -0.337 e. The number of benzene rings is 1. The van der Waals surface area contributed by atoms with Crippen LogP contribution in [0.5, 0.6) is 0 Å². The molecule has 4 nitrogen and oxygen atoms in total. The topological polar surface area (TPSA) is 49.6 Å². The van der Waals surface area contributed by atoms with Gasteiger partial charge in [0.25, 0.3) is 0 Å². The van der Waals surface area contributed by atoms with Crippen LogP contribution in [0.1, 0.15) is 24.0 Å². The number of nitrogens with zero attached hydrogens (tertiary/aromatic N) is 2. The van der Waals surface area contributed by atoms with Gasteiger partial charge in [-0.15, -0.1) is 12.4 Å².